The second-order valence-corrected chi connectivity index (χ2v) is 6.30. The molecule has 0 saturated carbocycles. The van der Waals surface area contributed by atoms with Crippen LogP contribution in [0.4, 0.5) is 15.8 Å². The van der Waals surface area contributed by atoms with Crippen LogP contribution < -0.4 is 10.6 Å². The summed E-state index contributed by atoms with van der Waals surface area (Å²) in [7, 11) is 0. The lowest BCUT2D eigenvalue weighted by atomic mass is 9.89. The Balaban J connectivity index is 1.84. The van der Waals surface area contributed by atoms with Crippen LogP contribution in [0.1, 0.15) is 42.4 Å². The van der Waals surface area contributed by atoms with Gasteiger partial charge in [-0.2, -0.15) is 0 Å². The van der Waals surface area contributed by atoms with Crippen LogP contribution in [0, 0.1) is 11.2 Å². The second-order valence-electron chi connectivity index (χ2n) is 6.30. The Hall–Kier alpha value is -2.20. The van der Waals surface area contributed by atoms with E-state index in [1.54, 1.807) is 6.07 Å². The summed E-state index contributed by atoms with van der Waals surface area (Å²) in [6.45, 7) is 4.05. The van der Waals surface area contributed by atoms with Gasteiger partial charge in [-0.3, -0.25) is 0 Å². The van der Waals surface area contributed by atoms with E-state index in [0.717, 1.165) is 42.9 Å². The summed E-state index contributed by atoms with van der Waals surface area (Å²) in [5.41, 5.74) is 4.60. The van der Waals surface area contributed by atoms with Crippen LogP contribution in [0.2, 0.25) is 0 Å². The molecule has 1 fully saturated rings. The van der Waals surface area contributed by atoms with Crippen molar-refractivity contribution in [3.8, 4) is 0 Å². The molecule has 1 saturated heterocycles. The number of halogens is 1. The summed E-state index contributed by atoms with van der Waals surface area (Å²) in [6, 6.07) is 11.4. The first-order chi connectivity index (χ1) is 11.7. The summed E-state index contributed by atoms with van der Waals surface area (Å²) in [6.07, 6.45) is 4.33. The molecule has 1 aliphatic heterocycles. The van der Waals surface area contributed by atoms with Crippen molar-refractivity contribution in [2.45, 2.75) is 32.1 Å². The minimum absolute atomic E-state index is 0.170. The maximum absolute atomic E-state index is 13.6. The molecule has 3 rings (SSSR count). The molecular weight excluding hydrogens is 301 g/mol. The van der Waals surface area contributed by atoms with Gasteiger partial charge in [-0.05, 0) is 79.7 Å². The molecule has 2 aromatic carbocycles. The maximum atomic E-state index is 13.6. The number of benzene rings is 2. The number of nitrogens with one attached hydrogen (secondary N) is 3. The summed E-state index contributed by atoms with van der Waals surface area (Å²) in [4.78, 5) is 0. The lowest BCUT2D eigenvalue weighted by Gasteiger charge is -2.24. The molecule has 4 heteroatoms. The van der Waals surface area contributed by atoms with E-state index in [2.05, 4.69) is 22.8 Å². The third kappa shape index (κ3) is 3.65. The Morgan fingerprint density at radius 2 is 2.00 bits per heavy atom. The molecule has 0 unspecified atom stereocenters. The minimum atomic E-state index is -0.170. The standard InChI is InChI=1S/C20H24FN3/c1-2-14-12-18(4-5-19(14)21)24-20-6-3-16(11-17(20)13-22)15-7-9-23-10-8-15/h3-6,11-13,15,22-24H,2,7-10H2,1H3. The van der Waals surface area contributed by atoms with Crippen molar-refractivity contribution < 1.29 is 4.39 Å². The van der Waals surface area contributed by atoms with Gasteiger partial charge in [0.15, 0.2) is 0 Å². The van der Waals surface area contributed by atoms with Crippen molar-refractivity contribution >= 4 is 17.6 Å². The SMILES string of the molecule is CCc1cc(Nc2ccc(C3CCNCC3)cc2C=N)ccc1F. The van der Waals surface area contributed by atoms with E-state index in [1.807, 2.05) is 19.1 Å². The van der Waals surface area contributed by atoms with Gasteiger partial charge >= 0.3 is 0 Å². The fourth-order valence-electron chi connectivity index (χ4n) is 3.30. The molecule has 2 aromatic rings. The minimum Gasteiger partial charge on any atom is -0.355 e. The van der Waals surface area contributed by atoms with Crippen LogP contribution in [0.25, 0.3) is 0 Å². The smallest absolute Gasteiger partial charge is 0.126 e. The largest absolute Gasteiger partial charge is 0.355 e. The van der Waals surface area contributed by atoms with Crippen LogP contribution in [0.5, 0.6) is 0 Å². The van der Waals surface area contributed by atoms with E-state index >= 15 is 0 Å². The van der Waals surface area contributed by atoms with E-state index in [9.17, 15) is 4.39 Å². The molecule has 24 heavy (non-hydrogen) atoms. The molecule has 3 N–H and O–H groups in total. The monoisotopic (exact) mass is 325 g/mol. The Labute approximate surface area is 142 Å². The number of aryl methyl sites for hydroxylation is 1. The van der Waals surface area contributed by atoms with E-state index in [4.69, 9.17) is 5.41 Å². The van der Waals surface area contributed by atoms with Gasteiger partial charge in [0.2, 0.25) is 0 Å². The third-order valence-corrected chi connectivity index (χ3v) is 4.75. The highest BCUT2D eigenvalue weighted by Crippen LogP contribution is 2.29. The molecule has 0 bridgehead atoms. The quantitative estimate of drug-likeness (QED) is 0.704. The lowest BCUT2D eigenvalue weighted by Crippen LogP contribution is -2.26. The highest BCUT2D eigenvalue weighted by atomic mass is 19.1. The molecule has 0 amide bonds. The number of hydrogen-bond acceptors (Lipinski definition) is 3. The van der Waals surface area contributed by atoms with Gasteiger partial charge in [0.05, 0.1) is 0 Å². The van der Waals surface area contributed by atoms with Crippen molar-refractivity contribution in [1.82, 2.24) is 5.32 Å². The number of hydrogen-bond donors (Lipinski definition) is 3. The topological polar surface area (TPSA) is 47.9 Å². The van der Waals surface area contributed by atoms with E-state index < -0.39 is 0 Å². The molecule has 1 heterocycles. The normalized spacial score (nSPS) is 15.2. The zero-order valence-electron chi connectivity index (χ0n) is 14.0. The van der Waals surface area contributed by atoms with Crippen molar-refractivity contribution in [3.05, 3.63) is 58.9 Å². The Morgan fingerprint density at radius 1 is 1.21 bits per heavy atom. The van der Waals surface area contributed by atoms with Crippen molar-refractivity contribution in [1.29, 1.82) is 5.41 Å². The molecule has 1 aliphatic rings. The zero-order chi connectivity index (χ0) is 16.9. The van der Waals surface area contributed by atoms with Crippen LogP contribution in [0.3, 0.4) is 0 Å². The highest BCUT2D eigenvalue weighted by Gasteiger charge is 2.16. The van der Waals surface area contributed by atoms with Crippen LogP contribution in [-0.4, -0.2) is 19.3 Å². The summed E-state index contributed by atoms with van der Waals surface area (Å²) >= 11 is 0. The average molecular weight is 325 g/mol. The lowest BCUT2D eigenvalue weighted by molar-refractivity contribution is 0.460. The zero-order valence-corrected chi connectivity index (χ0v) is 14.0. The van der Waals surface area contributed by atoms with Gasteiger partial charge in [-0.15, -0.1) is 0 Å². The Morgan fingerprint density at radius 3 is 2.71 bits per heavy atom. The van der Waals surface area contributed by atoms with Gasteiger partial charge in [-0.1, -0.05) is 13.0 Å². The fourth-order valence-corrected chi connectivity index (χ4v) is 3.30. The molecule has 0 spiro atoms. The number of piperidine rings is 1. The number of rotatable bonds is 5. The molecule has 3 nitrogen and oxygen atoms in total. The predicted octanol–water partition coefficient (Wildman–Crippen LogP) is 4.60. The molecule has 0 radical (unpaired) electrons. The molecule has 0 aliphatic carbocycles. The summed E-state index contributed by atoms with van der Waals surface area (Å²) in [5, 5.41) is 14.4. The third-order valence-electron chi connectivity index (χ3n) is 4.75. The van der Waals surface area contributed by atoms with E-state index in [0.29, 0.717) is 17.9 Å². The molecule has 0 atom stereocenters. The molecule has 126 valence electrons. The average Bonchev–Trinajstić information content (AvgIpc) is 2.64. The molecule has 0 aromatic heterocycles. The van der Waals surface area contributed by atoms with Crippen molar-refractivity contribution in [2.75, 3.05) is 18.4 Å². The maximum Gasteiger partial charge on any atom is 0.126 e. The van der Waals surface area contributed by atoms with E-state index in [1.165, 1.54) is 17.8 Å². The van der Waals surface area contributed by atoms with E-state index in [-0.39, 0.29) is 5.82 Å². The predicted molar refractivity (Wildman–Crippen MR) is 98.2 cm³/mol. The van der Waals surface area contributed by atoms with Crippen molar-refractivity contribution in [3.63, 3.8) is 0 Å². The molecular formula is C20H24FN3. The van der Waals surface area contributed by atoms with Gasteiger partial charge in [0, 0.05) is 23.2 Å². The van der Waals surface area contributed by atoms with Gasteiger partial charge in [0.25, 0.3) is 0 Å². The first-order valence-electron chi connectivity index (χ1n) is 8.62. The number of anilines is 2. The highest BCUT2D eigenvalue weighted by molar-refractivity contribution is 5.87. The van der Waals surface area contributed by atoms with Gasteiger partial charge < -0.3 is 16.0 Å². The first kappa shape index (κ1) is 16.7. The Bertz CT molecular complexity index is 721. The van der Waals surface area contributed by atoms with Crippen LogP contribution in [-0.2, 0) is 6.42 Å². The van der Waals surface area contributed by atoms with Crippen LogP contribution >= 0.6 is 0 Å². The summed E-state index contributed by atoms with van der Waals surface area (Å²) in [5.74, 6) is 0.396. The van der Waals surface area contributed by atoms with Gasteiger partial charge in [0.1, 0.15) is 5.82 Å². The van der Waals surface area contributed by atoms with Gasteiger partial charge in [-0.25, -0.2) is 4.39 Å². The first-order valence-corrected chi connectivity index (χ1v) is 8.62. The fraction of sp³-hybridized carbons (Fsp3) is 0.350. The summed E-state index contributed by atoms with van der Waals surface area (Å²) < 4.78 is 13.6. The Kier molecular flexibility index (Phi) is 5.26. The van der Waals surface area contributed by atoms with Crippen LogP contribution in [0.15, 0.2) is 36.4 Å². The van der Waals surface area contributed by atoms with Crippen molar-refractivity contribution in [2.24, 2.45) is 0 Å². The second kappa shape index (κ2) is 7.58.